The molecule has 6 nitrogen and oxygen atoms in total. The third-order valence-electron chi connectivity index (χ3n) is 2.78. The highest BCUT2D eigenvalue weighted by Crippen LogP contribution is 2.32. The summed E-state index contributed by atoms with van der Waals surface area (Å²) in [4.78, 5) is 11.4. The SMILES string of the molecule is C[C@H](CN)NS(=O)(=O)c1cc2c(cc1Br)NC(=O)C2. The van der Waals surface area contributed by atoms with Gasteiger partial charge in [-0.25, -0.2) is 13.1 Å². The number of sulfonamides is 1. The molecule has 0 unspecified atom stereocenters. The van der Waals surface area contributed by atoms with Gasteiger partial charge in [0.2, 0.25) is 15.9 Å². The molecule has 1 amide bonds. The fraction of sp³-hybridized carbons (Fsp3) is 0.364. The second kappa shape index (κ2) is 5.20. The lowest BCUT2D eigenvalue weighted by Gasteiger charge is -2.14. The van der Waals surface area contributed by atoms with E-state index in [0.29, 0.717) is 15.7 Å². The van der Waals surface area contributed by atoms with Gasteiger partial charge in [-0.1, -0.05) is 0 Å². The van der Waals surface area contributed by atoms with E-state index >= 15 is 0 Å². The van der Waals surface area contributed by atoms with Gasteiger partial charge in [0.05, 0.1) is 11.3 Å². The van der Waals surface area contributed by atoms with E-state index < -0.39 is 10.0 Å². The lowest BCUT2D eigenvalue weighted by Crippen LogP contribution is -2.37. The highest BCUT2D eigenvalue weighted by Gasteiger charge is 2.25. The van der Waals surface area contributed by atoms with Crippen molar-refractivity contribution in [3.63, 3.8) is 0 Å². The maximum atomic E-state index is 12.2. The molecule has 1 aliphatic heterocycles. The van der Waals surface area contributed by atoms with Crippen LogP contribution in [-0.4, -0.2) is 26.9 Å². The van der Waals surface area contributed by atoms with Gasteiger partial charge in [-0.2, -0.15) is 0 Å². The van der Waals surface area contributed by atoms with Crippen molar-refractivity contribution in [2.24, 2.45) is 5.73 Å². The molecule has 0 aliphatic carbocycles. The summed E-state index contributed by atoms with van der Waals surface area (Å²) in [7, 11) is -3.66. The Balaban J connectivity index is 2.41. The molecular weight excluding hydrogens is 334 g/mol. The Labute approximate surface area is 119 Å². The van der Waals surface area contributed by atoms with E-state index in [1.165, 1.54) is 6.07 Å². The number of nitrogens with two attached hydrogens (primary N) is 1. The van der Waals surface area contributed by atoms with E-state index in [2.05, 4.69) is 26.0 Å². The molecule has 0 saturated heterocycles. The first-order valence-corrected chi connectivity index (χ1v) is 7.96. The van der Waals surface area contributed by atoms with Crippen molar-refractivity contribution in [3.05, 3.63) is 22.2 Å². The molecule has 0 spiro atoms. The molecule has 0 saturated carbocycles. The quantitative estimate of drug-likeness (QED) is 0.740. The van der Waals surface area contributed by atoms with Crippen LogP contribution in [0.15, 0.2) is 21.5 Å². The summed E-state index contributed by atoms with van der Waals surface area (Å²) in [6.07, 6.45) is 0.192. The summed E-state index contributed by atoms with van der Waals surface area (Å²) in [6, 6.07) is 2.75. The van der Waals surface area contributed by atoms with Crippen LogP contribution in [0.2, 0.25) is 0 Å². The van der Waals surface area contributed by atoms with Gasteiger partial charge < -0.3 is 11.1 Å². The second-order valence-electron chi connectivity index (χ2n) is 4.42. The lowest BCUT2D eigenvalue weighted by atomic mass is 10.2. The van der Waals surface area contributed by atoms with Gasteiger partial charge >= 0.3 is 0 Å². The van der Waals surface area contributed by atoms with Crippen LogP contribution in [-0.2, 0) is 21.2 Å². The Hall–Kier alpha value is -0.960. The number of amides is 1. The fourth-order valence-electron chi connectivity index (χ4n) is 1.81. The standard InChI is InChI=1S/C11H14BrN3O3S/c1-6(5-13)15-19(17,18)10-2-7-3-11(16)14-9(7)4-8(10)12/h2,4,6,15H,3,5,13H2,1H3,(H,14,16)/t6-/m1/s1. The zero-order valence-corrected chi connectivity index (χ0v) is 12.6. The van der Waals surface area contributed by atoms with Crippen LogP contribution in [0.5, 0.6) is 0 Å². The third-order valence-corrected chi connectivity index (χ3v) is 5.33. The van der Waals surface area contributed by atoms with E-state index in [4.69, 9.17) is 5.73 Å². The van der Waals surface area contributed by atoms with E-state index in [0.717, 1.165) is 0 Å². The van der Waals surface area contributed by atoms with E-state index in [1.54, 1.807) is 13.0 Å². The predicted octanol–water partition coefficient (Wildman–Crippen LogP) is 0.569. The fourth-order valence-corrected chi connectivity index (χ4v) is 4.16. The molecule has 1 aromatic rings. The Morgan fingerprint density at radius 1 is 1.53 bits per heavy atom. The van der Waals surface area contributed by atoms with Crippen LogP contribution in [0.1, 0.15) is 12.5 Å². The molecule has 4 N–H and O–H groups in total. The molecule has 0 aromatic heterocycles. The van der Waals surface area contributed by atoms with Crippen LogP contribution < -0.4 is 15.8 Å². The van der Waals surface area contributed by atoms with E-state index in [-0.39, 0.29) is 29.8 Å². The third kappa shape index (κ3) is 2.97. The van der Waals surface area contributed by atoms with Crippen molar-refractivity contribution in [3.8, 4) is 0 Å². The van der Waals surface area contributed by atoms with Gasteiger partial charge in [0.15, 0.2) is 0 Å². The van der Waals surface area contributed by atoms with Crippen molar-refractivity contribution in [2.75, 3.05) is 11.9 Å². The molecule has 0 radical (unpaired) electrons. The van der Waals surface area contributed by atoms with Crippen LogP contribution in [0.25, 0.3) is 0 Å². The molecule has 1 heterocycles. The topological polar surface area (TPSA) is 101 Å². The van der Waals surface area contributed by atoms with Crippen molar-refractivity contribution in [1.82, 2.24) is 4.72 Å². The number of hydrogen-bond acceptors (Lipinski definition) is 4. The largest absolute Gasteiger partial charge is 0.329 e. The van der Waals surface area contributed by atoms with Gasteiger partial charge in [0, 0.05) is 22.7 Å². The number of anilines is 1. The normalized spacial score (nSPS) is 16.1. The average Bonchev–Trinajstić information content (AvgIpc) is 2.66. The van der Waals surface area contributed by atoms with Crippen molar-refractivity contribution in [1.29, 1.82) is 0 Å². The number of carbonyl (C=O) groups excluding carboxylic acids is 1. The molecule has 0 bridgehead atoms. The molecule has 1 aromatic carbocycles. The lowest BCUT2D eigenvalue weighted by molar-refractivity contribution is -0.115. The minimum atomic E-state index is -3.66. The zero-order chi connectivity index (χ0) is 14.2. The first kappa shape index (κ1) is 14.4. The van der Waals surface area contributed by atoms with Crippen LogP contribution in [0, 0.1) is 0 Å². The minimum Gasteiger partial charge on any atom is -0.329 e. The smallest absolute Gasteiger partial charge is 0.241 e. The molecule has 19 heavy (non-hydrogen) atoms. The molecule has 0 fully saturated rings. The van der Waals surface area contributed by atoms with Crippen LogP contribution >= 0.6 is 15.9 Å². The molecular formula is C11H14BrN3O3S. The predicted molar refractivity (Wildman–Crippen MR) is 75.3 cm³/mol. The molecule has 2 rings (SSSR count). The highest BCUT2D eigenvalue weighted by atomic mass is 79.9. The minimum absolute atomic E-state index is 0.114. The summed E-state index contributed by atoms with van der Waals surface area (Å²) in [6.45, 7) is 1.89. The van der Waals surface area contributed by atoms with Gasteiger partial charge in [-0.05, 0) is 40.5 Å². The Bertz CT molecular complexity index is 630. The Kier molecular flexibility index (Phi) is 3.95. The number of benzene rings is 1. The first-order chi connectivity index (χ1) is 8.83. The van der Waals surface area contributed by atoms with Crippen molar-refractivity contribution < 1.29 is 13.2 Å². The van der Waals surface area contributed by atoms with Gasteiger partial charge in [-0.15, -0.1) is 0 Å². The van der Waals surface area contributed by atoms with Gasteiger partial charge in [0.1, 0.15) is 0 Å². The second-order valence-corrected chi connectivity index (χ2v) is 6.96. The maximum absolute atomic E-state index is 12.2. The number of carbonyl (C=O) groups is 1. The number of fused-ring (bicyclic) bond motifs is 1. The summed E-state index contributed by atoms with van der Waals surface area (Å²) >= 11 is 3.22. The monoisotopic (exact) mass is 347 g/mol. The Morgan fingerprint density at radius 2 is 2.21 bits per heavy atom. The molecule has 104 valence electrons. The Morgan fingerprint density at radius 3 is 2.84 bits per heavy atom. The number of hydrogen-bond donors (Lipinski definition) is 3. The number of nitrogens with one attached hydrogen (secondary N) is 2. The number of halogens is 1. The van der Waals surface area contributed by atoms with E-state index in [9.17, 15) is 13.2 Å². The van der Waals surface area contributed by atoms with Crippen molar-refractivity contribution in [2.45, 2.75) is 24.3 Å². The number of rotatable bonds is 4. The molecule has 1 atom stereocenters. The molecule has 1 aliphatic rings. The summed E-state index contributed by atoms with van der Waals surface area (Å²) in [5, 5.41) is 2.66. The van der Waals surface area contributed by atoms with Crippen LogP contribution in [0.4, 0.5) is 5.69 Å². The summed E-state index contributed by atoms with van der Waals surface area (Å²) < 4.78 is 27.3. The maximum Gasteiger partial charge on any atom is 0.241 e. The summed E-state index contributed by atoms with van der Waals surface area (Å²) in [5.41, 5.74) is 6.73. The first-order valence-electron chi connectivity index (χ1n) is 5.68. The van der Waals surface area contributed by atoms with E-state index in [1.807, 2.05) is 0 Å². The van der Waals surface area contributed by atoms with Crippen LogP contribution in [0.3, 0.4) is 0 Å². The van der Waals surface area contributed by atoms with Gasteiger partial charge in [0.25, 0.3) is 0 Å². The van der Waals surface area contributed by atoms with Gasteiger partial charge in [-0.3, -0.25) is 4.79 Å². The average molecular weight is 348 g/mol. The molecule has 8 heteroatoms. The van der Waals surface area contributed by atoms with Crippen molar-refractivity contribution >= 4 is 37.5 Å². The zero-order valence-electron chi connectivity index (χ0n) is 10.2. The highest BCUT2D eigenvalue weighted by molar-refractivity contribution is 9.10. The summed E-state index contributed by atoms with van der Waals surface area (Å²) in [5.74, 6) is -0.139.